The van der Waals surface area contributed by atoms with Crippen LogP contribution in [0.3, 0.4) is 0 Å². The third-order valence-corrected chi connectivity index (χ3v) is 6.38. The number of oxazole rings is 1. The Kier molecular flexibility index (Phi) is 5.04. The van der Waals surface area contributed by atoms with Gasteiger partial charge in [0.15, 0.2) is 11.5 Å². The molecule has 0 saturated carbocycles. The number of benzene rings is 2. The molecular formula is C25H25N3O4. The van der Waals surface area contributed by atoms with E-state index in [4.69, 9.17) is 4.42 Å². The highest BCUT2D eigenvalue weighted by Gasteiger charge is 2.45. The first-order chi connectivity index (χ1) is 15.5. The average Bonchev–Trinajstić information content (AvgIpc) is 3.35. The zero-order valence-corrected chi connectivity index (χ0v) is 18.2. The van der Waals surface area contributed by atoms with E-state index < -0.39 is 17.9 Å². The van der Waals surface area contributed by atoms with Crippen molar-refractivity contribution in [3.8, 4) is 0 Å². The summed E-state index contributed by atoms with van der Waals surface area (Å²) in [6.45, 7) is 4.78. The fourth-order valence-electron chi connectivity index (χ4n) is 4.78. The van der Waals surface area contributed by atoms with Gasteiger partial charge < -0.3 is 9.32 Å². The van der Waals surface area contributed by atoms with E-state index >= 15 is 0 Å². The highest BCUT2D eigenvalue weighted by atomic mass is 16.3. The van der Waals surface area contributed by atoms with E-state index in [9.17, 15) is 14.4 Å². The van der Waals surface area contributed by atoms with Gasteiger partial charge in [-0.15, -0.1) is 0 Å². The first-order valence-electron chi connectivity index (χ1n) is 11.1. The standard InChI is InChI=1S/C25H25N3O4/c1-15(2)21(28-23(29)17-9-3-4-10-18(17)24(28)30)25(31)27-13-7-8-16(14-27)22-26-19-11-5-6-12-20(19)32-22/h3-6,9-12,15-16,21H,7-8,13-14H2,1-2H3. The van der Waals surface area contributed by atoms with E-state index in [1.807, 2.05) is 38.1 Å². The van der Waals surface area contributed by atoms with Gasteiger partial charge in [0.1, 0.15) is 11.6 Å². The van der Waals surface area contributed by atoms with Crippen LogP contribution in [0.15, 0.2) is 52.9 Å². The lowest BCUT2D eigenvalue weighted by Crippen LogP contribution is -2.55. The number of rotatable bonds is 4. The van der Waals surface area contributed by atoms with Crippen LogP contribution in [0.4, 0.5) is 0 Å². The van der Waals surface area contributed by atoms with Crippen molar-refractivity contribution in [3.05, 3.63) is 65.5 Å². The molecule has 3 heterocycles. The molecule has 2 aromatic carbocycles. The molecule has 7 nitrogen and oxygen atoms in total. The summed E-state index contributed by atoms with van der Waals surface area (Å²) < 4.78 is 5.95. The number of fused-ring (bicyclic) bond motifs is 2. The van der Waals surface area contributed by atoms with Gasteiger partial charge in [-0.25, -0.2) is 4.98 Å². The van der Waals surface area contributed by atoms with E-state index in [0.717, 1.165) is 28.8 Å². The fourth-order valence-corrected chi connectivity index (χ4v) is 4.78. The number of imide groups is 1. The lowest BCUT2D eigenvalue weighted by atomic mass is 9.95. The van der Waals surface area contributed by atoms with E-state index in [1.165, 1.54) is 0 Å². The maximum absolute atomic E-state index is 13.6. The Morgan fingerprint density at radius 1 is 1.03 bits per heavy atom. The third kappa shape index (κ3) is 3.28. The second-order valence-corrected chi connectivity index (χ2v) is 8.86. The maximum atomic E-state index is 13.6. The van der Waals surface area contributed by atoms with Gasteiger partial charge in [0.2, 0.25) is 5.91 Å². The monoisotopic (exact) mass is 431 g/mol. The molecule has 3 amide bonds. The lowest BCUT2D eigenvalue weighted by Gasteiger charge is -2.37. The predicted octanol–water partition coefficient (Wildman–Crippen LogP) is 3.85. The van der Waals surface area contributed by atoms with E-state index in [0.29, 0.717) is 30.1 Å². The molecule has 0 radical (unpaired) electrons. The molecule has 5 rings (SSSR count). The molecule has 32 heavy (non-hydrogen) atoms. The van der Waals surface area contributed by atoms with Crippen LogP contribution in [0.2, 0.25) is 0 Å². The summed E-state index contributed by atoms with van der Waals surface area (Å²) in [5.74, 6) is -0.597. The van der Waals surface area contributed by atoms with Gasteiger partial charge in [-0.3, -0.25) is 19.3 Å². The molecule has 164 valence electrons. The van der Waals surface area contributed by atoms with Gasteiger partial charge in [-0.2, -0.15) is 0 Å². The number of piperidine rings is 1. The summed E-state index contributed by atoms with van der Waals surface area (Å²) in [5.41, 5.74) is 2.26. The summed E-state index contributed by atoms with van der Waals surface area (Å²) >= 11 is 0. The summed E-state index contributed by atoms with van der Waals surface area (Å²) in [5, 5.41) is 0. The number of para-hydroxylation sites is 2. The molecule has 1 fully saturated rings. The molecule has 7 heteroatoms. The molecule has 0 N–H and O–H groups in total. The lowest BCUT2D eigenvalue weighted by molar-refractivity contribution is -0.138. The summed E-state index contributed by atoms with van der Waals surface area (Å²) in [6, 6.07) is 13.5. The third-order valence-electron chi connectivity index (χ3n) is 6.38. The Morgan fingerprint density at radius 3 is 2.34 bits per heavy atom. The van der Waals surface area contributed by atoms with Gasteiger partial charge in [0, 0.05) is 13.1 Å². The number of hydrogen-bond donors (Lipinski definition) is 0. The first kappa shape index (κ1) is 20.4. The molecule has 2 unspecified atom stereocenters. The average molecular weight is 431 g/mol. The highest BCUT2D eigenvalue weighted by molar-refractivity contribution is 6.22. The molecule has 2 aliphatic rings. The van der Waals surface area contributed by atoms with Gasteiger partial charge in [-0.05, 0) is 43.0 Å². The normalized spacial score (nSPS) is 19.7. The van der Waals surface area contributed by atoms with Crippen LogP contribution in [0.25, 0.3) is 11.1 Å². The number of amides is 3. The van der Waals surface area contributed by atoms with Crippen molar-refractivity contribution in [2.45, 2.75) is 38.6 Å². The largest absolute Gasteiger partial charge is 0.440 e. The molecular weight excluding hydrogens is 406 g/mol. The Morgan fingerprint density at radius 2 is 1.69 bits per heavy atom. The van der Waals surface area contributed by atoms with Crippen molar-refractivity contribution in [2.75, 3.05) is 13.1 Å². The maximum Gasteiger partial charge on any atom is 0.262 e. The number of carbonyl (C=O) groups is 3. The van der Waals surface area contributed by atoms with Crippen LogP contribution >= 0.6 is 0 Å². The topological polar surface area (TPSA) is 83.7 Å². The second-order valence-electron chi connectivity index (χ2n) is 8.86. The smallest absolute Gasteiger partial charge is 0.262 e. The first-order valence-corrected chi connectivity index (χ1v) is 11.1. The second kappa shape index (κ2) is 7.89. The molecule has 0 aliphatic carbocycles. The van der Waals surface area contributed by atoms with Crippen molar-refractivity contribution in [3.63, 3.8) is 0 Å². The Bertz CT molecular complexity index is 1150. The summed E-state index contributed by atoms with van der Waals surface area (Å²) in [4.78, 5) is 47.2. The fraction of sp³-hybridized carbons (Fsp3) is 0.360. The Balaban J connectivity index is 1.40. The summed E-state index contributed by atoms with van der Waals surface area (Å²) in [6.07, 6.45) is 1.68. The molecule has 1 saturated heterocycles. The number of aromatic nitrogens is 1. The SMILES string of the molecule is CC(C)C(C(=O)N1CCCC(c2nc3ccccc3o2)C1)N1C(=O)c2ccccc2C1=O. The van der Waals surface area contributed by atoms with Crippen molar-refractivity contribution in [1.82, 2.24) is 14.8 Å². The van der Waals surface area contributed by atoms with E-state index in [1.54, 1.807) is 29.2 Å². The molecule has 1 aromatic heterocycles. The van der Waals surface area contributed by atoms with Crippen molar-refractivity contribution in [1.29, 1.82) is 0 Å². The van der Waals surface area contributed by atoms with E-state index in [-0.39, 0.29) is 17.7 Å². The highest BCUT2D eigenvalue weighted by Crippen LogP contribution is 2.32. The van der Waals surface area contributed by atoms with Crippen molar-refractivity contribution in [2.24, 2.45) is 5.92 Å². The van der Waals surface area contributed by atoms with Gasteiger partial charge in [0.05, 0.1) is 17.0 Å². The van der Waals surface area contributed by atoms with E-state index in [2.05, 4.69) is 4.98 Å². The van der Waals surface area contributed by atoms with Crippen LogP contribution in [0.5, 0.6) is 0 Å². The molecule has 2 atom stereocenters. The van der Waals surface area contributed by atoms with Crippen LogP contribution in [0.1, 0.15) is 59.2 Å². The van der Waals surface area contributed by atoms with Gasteiger partial charge in [0.25, 0.3) is 11.8 Å². The van der Waals surface area contributed by atoms with Crippen molar-refractivity contribution >= 4 is 28.8 Å². The Labute approximate surface area is 186 Å². The number of carbonyl (C=O) groups excluding carboxylic acids is 3. The zero-order chi connectivity index (χ0) is 22.4. The summed E-state index contributed by atoms with van der Waals surface area (Å²) in [7, 11) is 0. The van der Waals surface area contributed by atoms with Crippen LogP contribution in [-0.4, -0.2) is 51.6 Å². The molecule has 0 spiro atoms. The van der Waals surface area contributed by atoms with Crippen LogP contribution < -0.4 is 0 Å². The number of hydrogen-bond acceptors (Lipinski definition) is 5. The predicted molar refractivity (Wildman–Crippen MR) is 118 cm³/mol. The van der Waals surface area contributed by atoms with Gasteiger partial charge in [-0.1, -0.05) is 38.1 Å². The number of likely N-dealkylation sites (tertiary alicyclic amines) is 1. The molecule has 0 bridgehead atoms. The minimum Gasteiger partial charge on any atom is -0.440 e. The van der Waals surface area contributed by atoms with Crippen LogP contribution in [-0.2, 0) is 4.79 Å². The van der Waals surface area contributed by atoms with Gasteiger partial charge >= 0.3 is 0 Å². The zero-order valence-electron chi connectivity index (χ0n) is 18.2. The minimum absolute atomic E-state index is 0.0184. The molecule has 2 aliphatic heterocycles. The molecule has 3 aromatic rings. The minimum atomic E-state index is -0.843. The van der Waals surface area contributed by atoms with Crippen LogP contribution in [0, 0.1) is 5.92 Å². The Hall–Kier alpha value is -3.48. The number of nitrogens with zero attached hydrogens (tertiary/aromatic N) is 3. The quantitative estimate of drug-likeness (QED) is 0.586. The van der Waals surface area contributed by atoms with Crippen molar-refractivity contribution < 1.29 is 18.8 Å².